The molecule has 0 atom stereocenters. The topological polar surface area (TPSA) is 75.6 Å². The van der Waals surface area contributed by atoms with Gasteiger partial charge in [0.1, 0.15) is 10.5 Å². The minimum Gasteiger partial charge on any atom is -0.467 e. The minimum atomic E-state index is -0.979. The van der Waals surface area contributed by atoms with Crippen LogP contribution in [0.15, 0.2) is 34.7 Å². The molecule has 1 amide bonds. The summed E-state index contributed by atoms with van der Waals surface area (Å²) < 4.78 is 8.47. The van der Waals surface area contributed by atoms with Crippen molar-refractivity contribution < 1.29 is 14.3 Å². The zero-order valence-corrected chi connectivity index (χ0v) is 20.5. The van der Waals surface area contributed by atoms with Gasteiger partial charge in [0.25, 0.3) is 0 Å². The van der Waals surface area contributed by atoms with Gasteiger partial charge in [0.05, 0.1) is 7.11 Å². The van der Waals surface area contributed by atoms with Gasteiger partial charge in [0, 0.05) is 37.4 Å². The summed E-state index contributed by atoms with van der Waals surface area (Å²) in [6.07, 6.45) is 4.26. The van der Waals surface area contributed by atoms with Crippen molar-refractivity contribution in [2.24, 2.45) is 0 Å². The van der Waals surface area contributed by atoms with Crippen molar-refractivity contribution in [1.82, 2.24) is 14.5 Å². The number of esters is 1. The Morgan fingerprint density at radius 3 is 2.52 bits per heavy atom. The molecule has 168 valence electrons. The van der Waals surface area contributed by atoms with Gasteiger partial charge in [-0.2, -0.15) is 0 Å². The molecule has 10 heteroatoms. The first kappa shape index (κ1) is 24.0. The van der Waals surface area contributed by atoms with Crippen molar-refractivity contribution >= 4 is 52.6 Å². The van der Waals surface area contributed by atoms with Gasteiger partial charge in [-0.05, 0) is 31.2 Å². The van der Waals surface area contributed by atoms with Gasteiger partial charge < -0.3 is 4.74 Å². The fourth-order valence-electron chi connectivity index (χ4n) is 3.74. The van der Waals surface area contributed by atoms with Gasteiger partial charge >= 0.3 is 5.97 Å². The van der Waals surface area contributed by atoms with Crippen LogP contribution in [0.4, 0.5) is 5.69 Å². The van der Waals surface area contributed by atoms with Gasteiger partial charge in [-0.3, -0.25) is 14.0 Å². The second-order valence-electron chi connectivity index (χ2n) is 7.12. The van der Waals surface area contributed by atoms with Crippen LogP contribution in [0.25, 0.3) is 0 Å². The fourth-order valence-corrected chi connectivity index (χ4v) is 6.17. The fraction of sp³-hybridized carbons (Fsp3) is 0.524. The van der Waals surface area contributed by atoms with Crippen LogP contribution in [-0.4, -0.2) is 64.1 Å². The third kappa shape index (κ3) is 5.60. The Balaban J connectivity index is 1.69. The Morgan fingerprint density at radius 1 is 1.23 bits per heavy atom. The average molecular weight is 481 g/mol. The minimum absolute atomic E-state index is 0.0708. The predicted molar refractivity (Wildman–Crippen MR) is 128 cm³/mol. The molecule has 0 aliphatic carbocycles. The van der Waals surface area contributed by atoms with E-state index in [1.807, 2.05) is 43.5 Å². The highest BCUT2D eigenvalue weighted by atomic mass is 32.2. The van der Waals surface area contributed by atoms with Crippen LogP contribution in [-0.2, 0) is 20.7 Å². The van der Waals surface area contributed by atoms with Crippen molar-refractivity contribution in [2.75, 3.05) is 37.1 Å². The first-order chi connectivity index (χ1) is 15.0. The van der Waals surface area contributed by atoms with Gasteiger partial charge in [-0.15, -0.1) is 10.2 Å². The normalized spacial score (nSPS) is 16.1. The maximum Gasteiger partial charge on any atom is 0.332 e. The third-order valence-corrected chi connectivity index (χ3v) is 8.40. The standard InChI is InChI=1S/C21H28N4O3S3/c1-4-18(26)25(16-8-6-5-7-9-16)21(19(27)28-2)11-13-24(14-12-21)30-15-10-17-22-23-20(29-3)31-17/h5-9H,4,10-15H2,1-3H3. The molecule has 7 nitrogen and oxygen atoms in total. The Bertz CT molecular complexity index is 870. The number of methoxy groups -OCH3 is 1. The number of aromatic nitrogens is 2. The van der Waals surface area contributed by atoms with E-state index < -0.39 is 5.54 Å². The number of hydrogen-bond acceptors (Lipinski definition) is 9. The number of carbonyl (C=O) groups is 2. The average Bonchev–Trinajstić information content (AvgIpc) is 3.28. The van der Waals surface area contributed by atoms with E-state index in [0.717, 1.165) is 27.2 Å². The van der Waals surface area contributed by atoms with Crippen LogP contribution in [0, 0.1) is 0 Å². The molecule has 0 radical (unpaired) electrons. The molecule has 3 rings (SSSR count). The lowest BCUT2D eigenvalue weighted by atomic mass is 9.85. The number of rotatable bonds is 9. The molecule has 0 bridgehead atoms. The summed E-state index contributed by atoms with van der Waals surface area (Å²) >= 11 is 5.01. The quantitative estimate of drug-likeness (QED) is 0.304. The summed E-state index contributed by atoms with van der Waals surface area (Å²) in [5.41, 5.74) is -0.242. The smallest absolute Gasteiger partial charge is 0.332 e. The number of ether oxygens (including phenoxy) is 1. The van der Waals surface area contributed by atoms with E-state index in [4.69, 9.17) is 4.74 Å². The SMILES string of the molecule is CCC(=O)N(c1ccccc1)C1(C(=O)OC)CCN(SCCc2nnc(SC)s2)CC1. The summed E-state index contributed by atoms with van der Waals surface area (Å²) in [6, 6.07) is 9.44. The number of piperidine rings is 1. The highest BCUT2D eigenvalue weighted by molar-refractivity contribution is 8.00. The maximum absolute atomic E-state index is 13.0. The van der Waals surface area contributed by atoms with E-state index in [9.17, 15) is 9.59 Å². The lowest BCUT2D eigenvalue weighted by Gasteiger charge is -2.46. The van der Waals surface area contributed by atoms with Crippen molar-refractivity contribution in [1.29, 1.82) is 0 Å². The number of hydrogen-bond donors (Lipinski definition) is 0. The third-order valence-electron chi connectivity index (χ3n) is 5.32. The number of nitrogens with zero attached hydrogens (tertiary/aromatic N) is 4. The molecule has 0 N–H and O–H groups in total. The summed E-state index contributed by atoms with van der Waals surface area (Å²) in [6.45, 7) is 3.22. The monoisotopic (exact) mass is 480 g/mol. The molecular weight excluding hydrogens is 452 g/mol. The molecule has 0 saturated carbocycles. The first-order valence-electron chi connectivity index (χ1n) is 10.2. The Kier molecular flexibility index (Phi) is 8.76. The lowest BCUT2D eigenvalue weighted by Crippen LogP contribution is -2.62. The van der Waals surface area contributed by atoms with E-state index in [1.54, 1.807) is 39.9 Å². The predicted octanol–water partition coefficient (Wildman–Crippen LogP) is 3.90. The molecule has 0 spiro atoms. The van der Waals surface area contributed by atoms with Crippen LogP contribution < -0.4 is 4.90 Å². The van der Waals surface area contributed by atoms with E-state index in [-0.39, 0.29) is 11.9 Å². The molecule has 2 aromatic rings. The van der Waals surface area contributed by atoms with Gasteiger partial charge in [-0.1, -0.05) is 60.2 Å². The Labute approximate surface area is 196 Å². The zero-order valence-electron chi connectivity index (χ0n) is 18.1. The van der Waals surface area contributed by atoms with Gasteiger partial charge in [0.2, 0.25) is 5.91 Å². The molecule has 1 saturated heterocycles. The number of aryl methyl sites for hydroxylation is 1. The Hall–Kier alpha value is -1.62. The number of anilines is 1. The van der Waals surface area contributed by atoms with E-state index in [0.29, 0.717) is 32.4 Å². The van der Waals surface area contributed by atoms with Crippen LogP contribution in [0.2, 0.25) is 0 Å². The Morgan fingerprint density at radius 2 is 1.94 bits per heavy atom. The number of amides is 1. The summed E-state index contributed by atoms with van der Waals surface area (Å²) in [7, 11) is 1.40. The van der Waals surface area contributed by atoms with E-state index in [1.165, 1.54) is 7.11 Å². The van der Waals surface area contributed by atoms with Crippen LogP contribution in [0.3, 0.4) is 0 Å². The number of para-hydroxylation sites is 1. The highest BCUT2D eigenvalue weighted by Crippen LogP contribution is 2.37. The first-order valence-corrected chi connectivity index (χ1v) is 13.2. The molecule has 1 aromatic heterocycles. The van der Waals surface area contributed by atoms with Crippen molar-refractivity contribution in [3.63, 3.8) is 0 Å². The largest absolute Gasteiger partial charge is 0.467 e. The van der Waals surface area contributed by atoms with Gasteiger partial charge in [-0.25, -0.2) is 4.79 Å². The zero-order chi connectivity index (χ0) is 22.3. The molecule has 1 fully saturated rings. The van der Waals surface area contributed by atoms with E-state index in [2.05, 4.69) is 14.5 Å². The second-order valence-corrected chi connectivity index (χ2v) is 10.4. The van der Waals surface area contributed by atoms with Crippen LogP contribution >= 0.6 is 35.0 Å². The van der Waals surface area contributed by atoms with Crippen LogP contribution in [0.1, 0.15) is 31.2 Å². The second kappa shape index (κ2) is 11.3. The van der Waals surface area contributed by atoms with Crippen molar-refractivity contribution in [3.05, 3.63) is 35.3 Å². The molecule has 1 aliphatic rings. The highest BCUT2D eigenvalue weighted by Gasteiger charge is 2.49. The molecule has 31 heavy (non-hydrogen) atoms. The summed E-state index contributed by atoms with van der Waals surface area (Å²) in [5.74, 6) is 0.490. The van der Waals surface area contributed by atoms with Crippen molar-refractivity contribution in [2.45, 2.75) is 42.5 Å². The van der Waals surface area contributed by atoms with Gasteiger partial charge in [0.15, 0.2) is 4.34 Å². The molecule has 1 aromatic carbocycles. The maximum atomic E-state index is 13.0. The molecule has 2 heterocycles. The lowest BCUT2D eigenvalue weighted by molar-refractivity contribution is -0.150. The molecular formula is C21H28N4O3S3. The van der Waals surface area contributed by atoms with E-state index >= 15 is 0 Å². The number of benzene rings is 1. The number of carbonyl (C=O) groups excluding carboxylic acids is 2. The molecule has 0 unspecified atom stereocenters. The summed E-state index contributed by atoms with van der Waals surface area (Å²) in [5, 5.41) is 9.41. The molecule has 1 aliphatic heterocycles. The van der Waals surface area contributed by atoms with Crippen LogP contribution in [0.5, 0.6) is 0 Å². The number of thioether (sulfide) groups is 1. The summed E-state index contributed by atoms with van der Waals surface area (Å²) in [4.78, 5) is 27.6. The van der Waals surface area contributed by atoms with Crippen molar-refractivity contribution in [3.8, 4) is 0 Å².